The fraction of sp³-hybridized carbons (Fsp3) is 0.409. The van der Waals surface area contributed by atoms with Crippen LogP contribution < -0.4 is 0 Å². The highest BCUT2D eigenvalue weighted by Crippen LogP contribution is 2.46. The quantitative estimate of drug-likeness (QED) is 0.326. The topological polar surface area (TPSA) is 0 Å². The van der Waals surface area contributed by atoms with E-state index in [1.54, 1.807) is 0 Å². The van der Waals surface area contributed by atoms with Gasteiger partial charge in [0.2, 0.25) is 0 Å². The molecule has 0 bridgehead atoms. The van der Waals surface area contributed by atoms with Crippen LogP contribution in [0.2, 0.25) is 0 Å². The van der Waals surface area contributed by atoms with Gasteiger partial charge in [-0.3, -0.25) is 0 Å². The van der Waals surface area contributed by atoms with E-state index >= 15 is 0 Å². The lowest BCUT2D eigenvalue weighted by molar-refractivity contribution is 0.808. The van der Waals surface area contributed by atoms with Crippen LogP contribution in [-0.2, 0) is 0 Å². The molecule has 24 heavy (non-hydrogen) atoms. The lowest BCUT2D eigenvalue weighted by Crippen LogP contribution is -2.03. The van der Waals surface area contributed by atoms with Crippen molar-refractivity contribution < 1.29 is 0 Å². The molecule has 0 saturated heterocycles. The van der Waals surface area contributed by atoms with Crippen molar-refractivity contribution in [2.75, 3.05) is 0 Å². The van der Waals surface area contributed by atoms with Crippen LogP contribution in [0.15, 0.2) is 36.4 Å². The van der Waals surface area contributed by atoms with Gasteiger partial charge < -0.3 is 0 Å². The van der Waals surface area contributed by atoms with E-state index in [-0.39, 0.29) is 0 Å². The summed E-state index contributed by atoms with van der Waals surface area (Å²) >= 11 is 0. The lowest BCUT2D eigenvalue weighted by Gasteiger charge is -2.20. The summed E-state index contributed by atoms with van der Waals surface area (Å²) in [7, 11) is 3.84. The maximum absolute atomic E-state index is 2.45. The van der Waals surface area contributed by atoms with Gasteiger partial charge in [-0.05, 0) is 46.6 Å². The van der Waals surface area contributed by atoms with E-state index in [9.17, 15) is 0 Å². The van der Waals surface area contributed by atoms with E-state index in [2.05, 4.69) is 77.9 Å². The van der Waals surface area contributed by atoms with Crippen LogP contribution in [0.3, 0.4) is 0 Å². The van der Waals surface area contributed by atoms with Crippen molar-refractivity contribution in [1.29, 1.82) is 0 Å². The van der Waals surface area contributed by atoms with Crippen molar-refractivity contribution in [3.05, 3.63) is 53.1 Å². The van der Waals surface area contributed by atoms with E-state index in [0.29, 0.717) is 17.8 Å². The summed E-state index contributed by atoms with van der Waals surface area (Å²) in [4.78, 5) is 1.46. The summed E-state index contributed by atoms with van der Waals surface area (Å²) in [5.41, 5.74) is 5.97. The van der Waals surface area contributed by atoms with E-state index in [1.165, 1.54) is 37.2 Å². The third kappa shape index (κ3) is 3.14. The summed E-state index contributed by atoms with van der Waals surface area (Å²) in [6.07, 6.45) is 0. The Hall–Kier alpha value is -1.25. The molecule has 126 valence electrons. The highest BCUT2D eigenvalue weighted by atomic mass is 32.9. The Labute approximate surface area is 153 Å². The molecule has 3 rings (SSSR count). The molecule has 0 nitrogen and oxygen atoms in total. The van der Waals surface area contributed by atoms with Crippen LogP contribution >= 0.6 is 20.7 Å². The third-order valence-corrected chi connectivity index (χ3v) is 7.20. The average Bonchev–Trinajstić information content (AvgIpc) is 2.97. The standard InChI is InChI=1S/C22H27S2/c1-13(2)16-11-18(14(3)4)21(19(12-16)15(5)6)22-17-9-7-8-10-20(17)23-24-22/h7-15H,1-6H3/q+1. The molecule has 3 aromatic rings. The van der Waals surface area contributed by atoms with Gasteiger partial charge in [0, 0.05) is 5.56 Å². The predicted octanol–water partition coefficient (Wildman–Crippen LogP) is 8.28. The molecule has 0 aliphatic heterocycles. The van der Waals surface area contributed by atoms with Crippen LogP contribution in [0.25, 0.3) is 20.5 Å². The molecule has 0 unspecified atom stereocenters. The van der Waals surface area contributed by atoms with Gasteiger partial charge in [-0.1, -0.05) is 65.8 Å². The molecular formula is C22H27S2+. The SMILES string of the molecule is CC(C)c1cc(C(C)C)c(-c2[s+]sc3ccccc23)c(C(C)C)c1. The Bertz CT molecular complexity index is 824. The molecule has 0 amide bonds. The van der Waals surface area contributed by atoms with Gasteiger partial charge in [-0.25, -0.2) is 0 Å². The van der Waals surface area contributed by atoms with Gasteiger partial charge in [0.25, 0.3) is 4.88 Å². The Morgan fingerprint density at radius 3 is 1.92 bits per heavy atom. The minimum Gasteiger partial charge on any atom is -0.0614 e. The molecule has 1 aromatic heterocycles. The van der Waals surface area contributed by atoms with Crippen molar-refractivity contribution in [3.63, 3.8) is 0 Å². The molecule has 0 radical (unpaired) electrons. The number of rotatable bonds is 4. The van der Waals surface area contributed by atoms with Crippen LogP contribution in [0.4, 0.5) is 0 Å². The summed E-state index contributed by atoms with van der Waals surface area (Å²) < 4.78 is 1.40. The lowest BCUT2D eigenvalue weighted by atomic mass is 9.83. The molecule has 0 atom stereocenters. The molecule has 0 spiro atoms. The van der Waals surface area contributed by atoms with Crippen LogP contribution in [0.5, 0.6) is 0 Å². The first kappa shape index (κ1) is 17.6. The molecular weight excluding hydrogens is 328 g/mol. The smallest absolute Gasteiger partial charge is 0.0614 e. The predicted molar refractivity (Wildman–Crippen MR) is 112 cm³/mol. The molecule has 0 saturated carbocycles. The first-order valence-corrected chi connectivity index (χ1v) is 11.0. The van der Waals surface area contributed by atoms with Crippen molar-refractivity contribution in [2.45, 2.75) is 59.3 Å². The minimum absolute atomic E-state index is 0.530. The average molecular weight is 356 g/mol. The van der Waals surface area contributed by atoms with Gasteiger partial charge >= 0.3 is 10.3 Å². The van der Waals surface area contributed by atoms with E-state index in [4.69, 9.17) is 0 Å². The maximum atomic E-state index is 2.45. The zero-order valence-electron chi connectivity index (χ0n) is 15.5. The third-order valence-electron chi connectivity index (χ3n) is 4.71. The molecule has 0 fully saturated rings. The molecule has 0 N–H and O–H groups in total. The Morgan fingerprint density at radius 2 is 1.38 bits per heavy atom. The van der Waals surface area contributed by atoms with Crippen LogP contribution in [0, 0.1) is 0 Å². The van der Waals surface area contributed by atoms with Gasteiger partial charge in [0.15, 0.2) is 10.3 Å². The second-order valence-electron chi connectivity index (χ2n) is 7.53. The summed E-state index contributed by atoms with van der Waals surface area (Å²) in [6, 6.07) is 13.7. The first-order valence-electron chi connectivity index (χ1n) is 8.89. The second-order valence-corrected chi connectivity index (χ2v) is 9.71. The van der Waals surface area contributed by atoms with Crippen molar-refractivity contribution in [3.8, 4) is 10.4 Å². The highest BCUT2D eigenvalue weighted by Gasteiger charge is 2.27. The Balaban J connectivity index is 2.37. The zero-order valence-corrected chi connectivity index (χ0v) is 17.1. The molecule has 1 heterocycles. The second kappa shape index (κ2) is 6.93. The highest BCUT2D eigenvalue weighted by molar-refractivity contribution is 7.73. The van der Waals surface area contributed by atoms with Crippen molar-refractivity contribution >= 4 is 30.8 Å². The Morgan fingerprint density at radius 1 is 0.792 bits per heavy atom. The van der Waals surface area contributed by atoms with Gasteiger partial charge in [0.1, 0.15) is 0 Å². The Kier molecular flexibility index (Phi) is 5.08. The number of hydrogen-bond donors (Lipinski definition) is 0. The molecule has 0 aliphatic carbocycles. The molecule has 2 aromatic carbocycles. The molecule has 2 heteroatoms. The van der Waals surface area contributed by atoms with Gasteiger partial charge in [-0.2, -0.15) is 0 Å². The largest absolute Gasteiger partial charge is 0.301 e. The maximum Gasteiger partial charge on any atom is 0.301 e. The fourth-order valence-electron chi connectivity index (χ4n) is 3.25. The number of benzene rings is 2. The summed E-state index contributed by atoms with van der Waals surface area (Å²) in [5, 5.41) is 1.41. The van der Waals surface area contributed by atoms with E-state index < -0.39 is 0 Å². The molecule has 0 aliphatic rings. The summed E-state index contributed by atoms with van der Waals surface area (Å²) in [5.74, 6) is 1.63. The zero-order chi connectivity index (χ0) is 17.4. The van der Waals surface area contributed by atoms with Crippen LogP contribution in [-0.4, -0.2) is 0 Å². The van der Waals surface area contributed by atoms with Crippen LogP contribution in [0.1, 0.15) is 76.0 Å². The number of fused-ring (bicyclic) bond motifs is 1. The first-order chi connectivity index (χ1) is 11.4. The normalized spacial score (nSPS) is 12.0. The summed E-state index contributed by atoms with van der Waals surface area (Å²) in [6.45, 7) is 13.9. The van der Waals surface area contributed by atoms with Gasteiger partial charge in [-0.15, -0.1) is 0 Å². The fourth-order valence-corrected chi connectivity index (χ4v) is 5.95. The minimum atomic E-state index is 0.530. The van der Waals surface area contributed by atoms with Gasteiger partial charge in [0.05, 0.1) is 10.1 Å². The number of hydrogen-bond acceptors (Lipinski definition) is 1. The monoisotopic (exact) mass is 355 g/mol. The van der Waals surface area contributed by atoms with Crippen molar-refractivity contribution in [2.24, 2.45) is 0 Å². The van der Waals surface area contributed by atoms with Crippen molar-refractivity contribution in [1.82, 2.24) is 0 Å². The van der Waals surface area contributed by atoms with E-state index in [1.807, 2.05) is 20.7 Å². The van der Waals surface area contributed by atoms with E-state index in [0.717, 1.165) is 0 Å².